The second kappa shape index (κ2) is 4.87. The molecule has 0 atom stereocenters. The third-order valence-corrected chi connectivity index (χ3v) is 3.32. The van der Waals surface area contributed by atoms with Crippen molar-refractivity contribution < 1.29 is 9.59 Å². The summed E-state index contributed by atoms with van der Waals surface area (Å²) in [4.78, 5) is 25.3. The molecule has 0 radical (unpaired) electrons. The van der Waals surface area contributed by atoms with E-state index in [-0.39, 0.29) is 11.8 Å². The fraction of sp³-hybridized carbons (Fsp3) is 0.333. The Bertz CT molecular complexity index is 474. The number of hydrogen-bond acceptors (Lipinski definition) is 3. The Labute approximate surface area is 108 Å². The number of hydrogen-bond donors (Lipinski definition) is 1. The van der Waals surface area contributed by atoms with Crippen LogP contribution in [0.3, 0.4) is 0 Å². The summed E-state index contributed by atoms with van der Waals surface area (Å²) in [6, 6.07) is 4.83. The number of nitrogen functional groups attached to an aromatic ring is 1. The van der Waals surface area contributed by atoms with Gasteiger partial charge in [0, 0.05) is 17.6 Å². The number of alkyl halides is 1. The molecule has 0 aliphatic carbocycles. The van der Waals surface area contributed by atoms with Gasteiger partial charge in [0.15, 0.2) is 0 Å². The SMILES string of the molecule is Nc1ccc2c(c1)C(=O)N(CCCCBr)C2=O. The number of carbonyl (C=O) groups is 2. The molecule has 0 saturated heterocycles. The molecule has 0 saturated carbocycles. The van der Waals surface area contributed by atoms with Crippen LogP contribution < -0.4 is 5.73 Å². The highest BCUT2D eigenvalue weighted by molar-refractivity contribution is 9.09. The first kappa shape index (κ1) is 12.1. The van der Waals surface area contributed by atoms with Crippen molar-refractivity contribution in [2.45, 2.75) is 12.8 Å². The van der Waals surface area contributed by atoms with Crippen LogP contribution in [0.4, 0.5) is 5.69 Å². The van der Waals surface area contributed by atoms with Crippen molar-refractivity contribution in [1.29, 1.82) is 0 Å². The molecule has 4 nitrogen and oxygen atoms in total. The lowest BCUT2D eigenvalue weighted by Crippen LogP contribution is -2.30. The lowest BCUT2D eigenvalue weighted by atomic mass is 10.1. The van der Waals surface area contributed by atoms with E-state index < -0.39 is 0 Å². The smallest absolute Gasteiger partial charge is 0.261 e. The van der Waals surface area contributed by atoms with Crippen LogP contribution in [0.15, 0.2) is 18.2 Å². The number of nitrogens with two attached hydrogens (primary N) is 1. The highest BCUT2D eigenvalue weighted by atomic mass is 79.9. The van der Waals surface area contributed by atoms with E-state index in [9.17, 15) is 9.59 Å². The summed E-state index contributed by atoms with van der Waals surface area (Å²) in [5, 5.41) is 0.878. The minimum atomic E-state index is -0.230. The number of benzene rings is 1. The Morgan fingerprint density at radius 3 is 2.53 bits per heavy atom. The summed E-state index contributed by atoms with van der Waals surface area (Å²) in [6.07, 6.45) is 1.75. The number of rotatable bonds is 4. The van der Waals surface area contributed by atoms with Crippen LogP contribution in [0, 0.1) is 0 Å². The van der Waals surface area contributed by atoms with Gasteiger partial charge in [0.05, 0.1) is 11.1 Å². The van der Waals surface area contributed by atoms with Crippen molar-refractivity contribution in [1.82, 2.24) is 4.90 Å². The first-order valence-electron chi connectivity index (χ1n) is 5.47. The first-order chi connectivity index (χ1) is 8.15. The molecule has 0 bridgehead atoms. The van der Waals surface area contributed by atoms with Crippen molar-refractivity contribution in [3.63, 3.8) is 0 Å². The van der Waals surface area contributed by atoms with E-state index in [0.29, 0.717) is 23.4 Å². The van der Waals surface area contributed by atoms with Crippen LogP contribution in [0.5, 0.6) is 0 Å². The van der Waals surface area contributed by atoms with Crippen molar-refractivity contribution in [2.24, 2.45) is 0 Å². The van der Waals surface area contributed by atoms with E-state index in [1.54, 1.807) is 18.2 Å². The van der Waals surface area contributed by atoms with Gasteiger partial charge in [-0.2, -0.15) is 0 Å². The summed E-state index contributed by atoms with van der Waals surface area (Å²) in [6.45, 7) is 0.470. The number of unbranched alkanes of at least 4 members (excludes halogenated alkanes) is 1. The quantitative estimate of drug-likeness (QED) is 0.400. The standard InChI is InChI=1S/C12H13BrN2O2/c13-5-1-2-6-15-11(16)9-4-3-8(14)7-10(9)12(15)17/h3-4,7H,1-2,5-6,14H2. The van der Waals surface area contributed by atoms with E-state index in [4.69, 9.17) is 5.73 Å². The second-order valence-corrected chi connectivity index (χ2v) is 4.76. The highest BCUT2D eigenvalue weighted by Crippen LogP contribution is 2.25. The van der Waals surface area contributed by atoms with Gasteiger partial charge in [-0.25, -0.2) is 0 Å². The molecule has 5 heteroatoms. The average Bonchev–Trinajstić information content (AvgIpc) is 2.54. The maximum absolute atomic E-state index is 12.0. The van der Waals surface area contributed by atoms with Gasteiger partial charge < -0.3 is 5.73 Å². The molecule has 2 amide bonds. The number of nitrogens with zero attached hydrogens (tertiary/aromatic N) is 1. The lowest BCUT2D eigenvalue weighted by Gasteiger charge is -2.12. The van der Waals surface area contributed by atoms with E-state index >= 15 is 0 Å². The van der Waals surface area contributed by atoms with Crippen molar-refractivity contribution >= 4 is 33.4 Å². The number of imide groups is 1. The van der Waals surface area contributed by atoms with Crippen LogP contribution >= 0.6 is 15.9 Å². The zero-order valence-corrected chi connectivity index (χ0v) is 10.9. The van der Waals surface area contributed by atoms with Gasteiger partial charge in [0.2, 0.25) is 0 Å². The molecule has 2 rings (SSSR count). The van der Waals surface area contributed by atoms with Crippen LogP contribution in [-0.2, 0) is 0 Å². The second-order valence-electron chi connectivity index (χ2n) is 3.96. The summed E-state index contributed by atoms with van der Waals surface area (Å²) >= 11 is 3.32. The molecule has 1 aromatic rings. The van der Waals surface area contributed by atoms with Crippen LogP contribution in [-0.4, -0.2) is 28.6 Å². The summed E-state index contributed by atoms with van der Waals surface area (Å²) in [5.41, 5.74) is 7.01. The van der Waals surface area contributed by atoms with Gasteiger partial charge >= 0.3 is 0 Å². The third-order valence-electron chi connectivity index (χ3n) is 2.76. The summed E-state index contributed by atoms with van der Waals surface area (Å²) in [7, 11) is 0. The molecule has 0 unspecified atom stereocenters. The molecular formula is C12H13BrN2O2. The van der Waals surface area contributed by atoms with Gasteiger partial charge in [-0.3, -0.25) is 14.5 Å². The number of carbonyl (C=O) groups excluding carboxylic acids is 2. The molecule has 1 aromatic carbocycles. The highest BCUT2D eigenvalue weighted by Gasteiger charge is 2.34. The van der Waals surface area contributed by atoms with Gasteiger partial charge in [-0.05, 0) is 31.0 Å². The maximum atomic E-state index is 12.0. The van der Waals surface area contributed by atoms with Crippen LogP contribution in [0.2, 0.25) is 0 Å². The third kappa shape index (κ3) is 2.20. The predicted molar refractivity (Wildman–Crippen MR) is 69.2 cm³/mol. The molecule has 0 spiro atoms. The minimum absolute atomic E-state index is 0.209. The topological polar surface area (TPSA) is 63.4 Å². The van der Waals surface area contributed by atoms with E-state index in [2.05, 4.69) is 15.9 Å². The van der Waals surface area contributed by atoms with Crippen LogP contribution in [0.1, 0.15) is 33.6 Å². The van der Waals surface area contributed by atoms with Crippen molar-refractivity contribution in [2.75, 3.05) is 17.6 Å². The lowest BCUT2D eigenvalue weighted by molar-refractivity contribution is 0.0652. The number of amides is 2. The van der Waals surface area contributed by atoms with E-state index in [1.807, 2.05) is 0 Å². The average molecular weight is 297 g/mol. The normalized spacial score (nSPS) is 14.3. The molecule has 1 aliphatic heterocycles. The zero-order chi connectivity index (χ0) is 12.4. The number of anilines is 1. The molecule has 1 heterocycles. The molecule has 0 fully saturated rings. The monoisotopic (exact) mass is 296 g/mol. The van der Waals surface area contributed by atoms with Crippen molar-refractivity contribution in [3.05, 3.63) is 29.3 Å². The summed E-state index contributed by atoms with van der Waals surface area (Å²) < 4.78 is 0. The summed E-state index contributed by atoms with van der Waals surface area (Å²) in [5.74, 6) is -0.438. The van der Waals surface area contributed by atoms with E-state index in [1.165, 1.54) is 4.90 Å². The molecular weight excluding hydrogens is 284 g/mol. The number of halogens is 1. The molecule has 1 aliphatic rings. The first-order valence-corrected chi connectivity index (χ1v) is 6.59. The Morgan fingerprint density at radius 2 is 1.82 bits per heavy atom. The molecule has 17 heavy (non-hydrogen) atoms. The van der Waals surface area contributed by atoms with Crippen LogP contribution in [0.25, 0.3) is 0 Å². The molecule has 2 N–H and O–H groups in total. The Kier molecular flexibility index (Phi) is 3.47. The van der Waals surface area contributed by atoms with Gasteiger partial charge in [-0.1, -0.05) is 15.9 Å². The van der Waals surface area contributed by atoms with Crippen molar-refractivity contribution in [3.8, 4) is 0 Å². The van der Waals surface area contributed by atoms with E-state index in [0.717, 1.165) is 18.2 Å². The largest absolute Gasteiger partial charge is 0.399 e. The predicted octanol–water partition coefficient (Wildman–Crippen LogP) is 2.04. The van der Waals surface area contributed by atoms with Gasteiger partial charge in [0.25, 0.3) is 11.8 Å². The Morgan fingerprint density at radius 1 is 1.12 bits per heavy atom. The fourth-order valence-corrected chi connectivity index (χ4v) is 2.27. The number of fused-ring (bicyclic) bond motifs is 1. The Balaban J connectivity index is 2.20. The zero-order valence-electron chi connectivity index (χ0n) is 9.28. The minimum Gasteiger partial charge on any atom is -0.399 e. The fourth-order valence-electron chi connectivity index (χ4n) is 1.88. The maximum Gasteiger partial charge on any atom is 0.261 e. The Hall–Kier alpha value is -1.36. The van der Waals surface area contributed by atoms with Gasteiger partial charge in [0.1, 0.15) is 0 Å². The van der Waals surface area contributed by atoms with Gasteiger partial charge in [-0.15, -0.1) is 0 Å². The molecule has 0 aromatic heterocycles. The molecule has 90 valence electrons.